The average molecular weight is 524 g/mol. The minimum atomic E-state index is -1.19. The first kappa shape index (κ1) is 25.7. The molecule has 3 aromatic rings. The van der Waals surface area contributed by atoms with Gasteiger partial charge in [0.15, 0.2) is 0 Å². The Balaban J connectivity index is 1.21. The summed E-state index contributed by atoms with van der Waals surface area (Å²) in [7, 11) is 0. The summed E-state index contributed by atoms with van der Waals surface area (Å²) in [5.74, 6) is 1.56. The van der Waals surface area contributed by atoms with Crippen LogP contribution in [-0.4, -0.2) is 45.0 Å². The molecule has 2 fully saturated rings. The van der Waals surface area contributed by atoms with E-state index in [1.807, 2.05) is 31.2 Å². The fraction of sp³-hybridized carbons (Fsp3) is 0.483. The van der Waals surface area contributed by atoms with E-state index in [-0.39, 0.29) is 0 Å². The van der Waals surface area contributed by atoms with E-state index >= 15 is 0 Å². The zero-order valence-corrected chi connectivity index (χ0v) is 22.0. The summed E-state index contributed by atoms with van der Waals surface area (Å²) in [6.45, 7) is 4.40. The highest BCUT2D eigenvalue weighted by Gasteiger charge is 2.36. The van der Waals surface area contributed by atoms with E-state index in [1.165, 1.54) is 43.2 Å². The highest BCUT2D eigenvalue weighted by atomic mass is 35.5. The van der Waals surface area contributed by atoms with E-state index in [0.717, 1.165) is 35.8 Å². The molecule has 0 atom stereocenters. The number of piperidine rings is 1. The first-order valence-corrected chi connectivity index (χ1v) is 13.7. The lowest BCUT2D eigenvalue weighted by Gasteiger charge is -2.40. The number of carbonyl (C=O) groups is 1. The van der Waals surface area contributed by atoms with Gasteiger partial charge in [0.2, 0.25) is 5.82 Å². The third kappa shape index (κ3) is 5.99. The number of carboxylic acid groups (broad SMARTS) is 1. The summed E-state index contributed by atoms with van der Waals surface area (Å²) in [4.78, 5) is 18.0. The van der Waals surface area contributed by atoms with Gasteiger partial charge in [0, 0.05) is 48.6 Å². The fourth-order valence-corrected chi connectivity index (χ4v) is 6.05. The number of ether oxygens (including phenoxy) is 1. The molecule has 7 nitrogen and oxygen atoms in total. The highest BCUT2D eigenvalue weighted by molar-refractivity contribution is 6.31. The summed E-state index contributed by atoms with van der Waals surface area (Å²) in [5, 5.41) is 14.0. The molecule has 1 aromatic heterocycles. The zero-order chi connectivity index (χ0) is 25.8. The molecule has 0 amide bonds. The van der Waals surface area contributed by atoms with E-state index in [9.17, 15) is 4.79 Å². The van der Waals surface area contributed by atoms with Crippen LogP contribution in [0.5, 0.6) is 0 Å². The van der Waals surface area contributed by atoms with Gasteiger partial charge in [-0.15, -0.1) is 0 Å². The maximum atomic E-state index is 11.1. The molecule has 0 spiro atoms. The Morgan fingerprint density at radius 3 is 2.46 bits per heavy atom. The van der Waals surface area contributed by atoms with Crippen molar-refractivity contribution in [1.29, 1.82) is 0 Å². The average Bonchev–Trinajstić information content (AvgIpc) is 3.41. The monoisotopic (exact) mass is 523 g/mol. The van der Waals surface area contributed by atoms with Crippen LogP contribution in [0.3, 0.4) is 0 Å². The van der Waals surface area contributed by atoms with Gasteiger partial charge in [0.05, 0.1) is 0 Å². The Labute approximate surface area is 222 Å². The molecule has 2 heterocycles. The van der Waals surface area contributed by atoms with Crippen molar-refractivity contribution in [2.75, 3.05) is 13.1 Å². The zero-order valence-electron chi connectivity index (χ0n) is 21.3. The van der Waals surface area contributed by atoms with E-state index in [2.05, 4.69) is 33.2 Å². The molecular formula is C29H34ClN3O4. The second-order valence-electron chi connectivity index (χ2n) is 10.4. The molecule has 1 aliphatic carbocycles. The molecule has 196 valence electrons. The van der Waals surface area contributed by atoms with Crippen molar-refractivity contribution in [2.24, 2.45) is 0 Å². The summed E-state index contributed by atoms with van der Waals surface area (Å²) < 4.78 is 10.8. The topological polar surface area (TPSA) is 88.7 Å². The maximum absolute atomic E-state index is 11.1. The second kappa shape index (κ2) is 11.2. The van der Waals surface area contributed by atoms with Gasteiger partial charge < -0.3 is 14.4 Å². The van der Waals surface area contributed by atoms with Crippen LogP contribution in [0, 0.1) is 0 Å². The Morgan fingerprint density at radius 1 is 1.11 bits per heavy atom. The largest absolute Gasteiger partial charge is 0.506 e. The first-order chi connectivity index (χ1) is 17.9. The summed E-state index contributed by atoms with van der Waals surface area (Å²) >= 11 is 6.65. The number of hydrogen-bond donors (Lipinski definition) is 1. The smallest absolute Gasteiger partial charge is 0.450 e. The van der Waals surface area contributed by atoms with Crippen molar-refractivity contribution in [3.63, 3.8) is 0 Å². The first-order valence-electron chi connectivity index (χ1n) is 13.3. The molecule has 8 heteroatoms. The van der Waals surface area contributed by atoms with Crippen molar-refractivity contribution < 1.29 is 19.2 Å². The lowest BCUT2D eigenvalue weighted by molar-refractivity contribution is -0.0595. The number of halogens is 1. The van der Waals surface area contributed by atoms with Gasteiger partial charge in [-0.2, -0.15) is 4.98 Å². The molecule has 0 unspecified atom stereocenters. The molecule has 37 heavy (non-hydrogen) atoms. The van der Waals surface area contributed by atoms with Gasteiger partial charge in [-0.1, -0.05) is 73.3 Å². The van der Waals surface area contributed by atoms with Crippen LogP contribution in [0.2, 0.25) is 5.02 Å². The van der Waals surface area contributed by atoms with Crippen LogP contribution in [0.15, 0.2) is 47.0 Å². The van der Waals surface area contributed by atoms with Crippen LogP contribution >= 0.6 is 11.6 Å². The van der Waals surface area contributed by atoms with Gasteiger partial charge in [-0.3, -0.25) is 4.90 Å². The van der Waals surface area contributed by atoms with Gasteiger partial charge in [0.1, 0.15) is 5.60 Å². The van der Waals surface area contributed by atoms with Crippen LogP contribution in [0.25, 0.3) is 22.8 Å². The van der Waals surface area contributed by atoms with Gasteiger partial charge in [0.25, 0.3) is 5.89 Å². The van der Waals surface area contributed by atoms with Crippen molar-refractivity contribution in [3.8, 4) is 22.8 Å². The van der Waals surface area contributed by atoms with Gasteiger partial charge >= 0.3 is 6.16 Å². The normalized spacial score (nSPS) is 18.5. The van der Waals surface area contributed by atoms with Crippen LogP contribution in [0.1, 0.15) is 75.3 Å². The van der Waals surface area contributed by atoms with Crippen molar-refractivity contribution in [3.05, 3.63) is 58.6 Å². The lowest BCUT2D eigenvalue weighted by atomic mass is 9.84. The Bertz CT molecular complexity index is 1210. The van der Waals surface area contributed by atoms with Gasteiger partial charge in [-0.05, 0) is 48.4 Å². The molecule has 1 saturated heterocycles. The van der Waals surface area contributed by atoms with Crippen LogP contribution < -0.4 is 0 Å². The van der Waals surface area contributed by atoms with E-state index < -0.39 is 11.8 Å². The quantitative estimate of drug-likeness (QED) is 0.320. The molecule has 1 aliphatic heterocycles. The molecule has 0 bridgehead atoms. The second-order valence-corrected chi connectivity index (χ2v) is 10.8. The maximum Gasteiger partial charge on any atom is 0.506 e. The Morgan fingerprint density at radius 2 is 1.81 bits per heavy atom. The number of hydrogen-bond acceptors (Lipinski definition) is 6. The van der Waals surface area contributed by atoms with Crippen molar-refractivity contribution in [1.82, 2.24) is 15.0 Å². The third-order valence-corrected chi connectivity index (χ3v) is 8.38. The SMILES string of the molecule is CCC1(OC(=O)O)CCN(Cc2ccc(-c3noc(-c4ccc(C5CCCCC5)c(Cl)c4)n3)cc2)CC1. The van der Waals surface area contributed by atoms with E-state index in [4.69, 9.17) is 26.0 Å². The molecule has 2 aromatic carbocycles. The molecule has 2 aliphatic rings. The number of likely N-dealkylation sites (tertiary alicyclic amines) is 1. The number of aromatic nitrogens is 2. The molecule has 1 N–H and O–H groups in total. The fourth-order valence-electron chi connectivity index (χ4n) is 5.71. The number of nitrogens with zero attached hydrogens (tertiary/aromatic N) is 3. The molecule has 1 saturated carbocycles. The summed E-state index contributed by atoms with van der Waals surface area (Å²) in [5.41, 5.74) is 3.58. The van der Waals surface area contributed by atoms with Crippen LogP contribution in [0.4, 0.5) is 4.79 Å². The van der Waals surface area contributed by atoms with Crippen LogP contribution in [-0.2, 0) is 11.3 Å². The predicted octanol–water partition coefficient (Wildman–Crippen LogP) is 7.54. The lowest BCUT2D eigenvalue weighted by Crippen LogP contribution is -2.46. The Kier molecular flexibility index (Phi) is 7.81. The predicted molar refractivity (Wildman–Crippen MR) is 143 cm³/mol. The minimum absolute atomic E-state index is 0.465. The summed E-state index contributed by atoms with van der Waals surface area (Å²) in [6, 6.07) is 14.3. The summed E-state index contributed by atoms with van der Waals surface area (Å²) in [6.07, 6.45) is 7.21. The number of benzene rings is 2. The van der Waals surface area contributed by atoms with Crippen molar-refractivity contribution in [2.45, 2.75) is 76.4 Å². The van der Waals surface area contributed by atoms with Gasteiger partial charge in [-0.25, -0.2) is 4.79 Å². The van der Waals surface area contributed by atoms with E-state index in [1.54, 1.807) is 0 Å². The number of rotatable bonds is 7. The highest BCUT2D eigenvalue weighted by Crippen LogP contribution is 2.38. The Hall–Kier alpha value is -2.90. The third-order valence-electron chi connectivity index (χ3n) is 8.05. The van der Waals surface area contributed by atoms with Crippen molar-refractivity contribution >= 4 is 17.8 Å². The molecular weight excluding hydrogens is 490 g/mol. The molecule has 0 radical (unpaired) electrons. The standard InChI is InChI=1S/C29H34ClN3O4/c1-2-29(36-28(34)35)14-16-33(17-15-29)19-20-8-10-22(11-9-20)26-31-27(37-32-26)23-12-13-24(25(30)18-23)21-6-4-3-5-7-21/h8-13,18,21H,2-7,14-17,19H2,1H3,(H,34,35). The minimum Gasteiger partial charge on any atom is -0.450 e. The van der Waals surface area contributed by atoms with E-state index in [0.29, 0.717) is 36.9 Å². The molecule has 5 rings (SSSR count).